The van der Waals surface area contributed by atoms with Gasteiger partial charge in [0.05, 0.1) is 5.41 Å². The molecule has 6 rings (SSSR count). The fourth-order valence-electron chi connectivity index (χ4n) is 11.8. The van der Waals surface area contributed by atoms with Gasteiger partial charge in [0.15, 0.2) is 0 Å². The SMILES string of the molecule is C[C@H]1[C@H](C)CC[C@]2(C(=O)OCc3ccc(Cl)cc3)CC[C@]3(C)C(=CC[C@@H]4[C@@]5(C)CC/C(=N\N=C(N)N)C(C)(C)[C@@H]5CC[C@]43C)[C@H]12. The molecule has 246 valence electrons. The average molecular weight is 635 g/mol. The van der Waals surface area contributed by atoms with Gasteiger partial charge in [-0.2, -0.15) is 5.10 Å². The Morgan fingerprint density at radius 2 is 1.67 bits per heavy atom. The van der Waals surface area contributed by atoms with E-state index in [-0.39, 0.29) is 39.5 Å². The minimum absolute atomic E-state index is 0.00807. The maximum atomic E-state index is 14.3. The monoisotopic (exact) mass is 634 g/mol. The van der Waals surface area contributed by atoms with Crippen molar-refractivity contribution in [3.05, 3.63) is 46.5 Å². The molecule has 4 saturated carbocycles. The number of esters is 1. The molecule has 0 spiro atoms. The van der Waals surface area contributed by atoms with E-state index in [1.165, 1.54) is 12.8 Å². The van der Waals surface area contributed by atoms with Gasteiger partial charge in [-0.3, -0.25) is 4.79 Å². The van der Waals surface area contributed by atoms with Gasteiger partial charge in [0, 0.05) is 16.1 Å². The highest BCUT2D eigenvalue weighted by Crippen LogP contribution is 2.75. The first-order chi connectivity index (χ1) is 21.1. The molecule has 4 fully saturated rings. The number of ether oxygens (including phenoxy) is 1. The Bertz CT molecular complexity index is 1430. The zero-order chi connectivity index (χ0) is 32.6. The largest absolute Gasteiger partial charge is 0.460 e. The molecule has 1 aromatic carbocycles. The molecule has 7 heteroatoms. The maximum absolute atomic E-state index is 14.3. The predicted octanol–water partition coefficient (Wildman–Crippen LogP) is 8.67. The molecule has 0 bridgehead atoms. The highest BCUT2D eigenvalue weighted by atomic mass is 35.5. The molecule has 0 radical (unpaired) electrons. The summed E-state index contributed by atoms with van der Waals surface area (Å²) in [5.41, 5.74) is 14.9. The molecule has 5 aliphatic carbocycles. The number of guanidine groups is 1. The molecule has 4 N–H and O–H groups in total. The summed E-state index contributed by atoms with van der Waals surface area (Å²) >= 11 is 6.11. The summed E-state index contributed by atoms with van der Waals surface area (Å²) in [5.74, 6) is 2.36. The quantitative estimate of drug-likeness (QED) is 0.114. The van der Waals surface area contributed by atoms with Crippen LogP contribution in [0.4, 0.5) is 0 Å². The van der Waals surface area contributed by atoms with E-state index in [1.54, 1.807) is 5.57 Å². The lowest BCUT2D eigenvalue weighted by Crippen LogP contribution is -2.65. The Morgan fingerprint density at radius 1 is 0.956 bits per heavy atom. The van der Waals surface area contributed by atoms with Crippen molar-refractivity contribution in [1.29, 1.82) is 0 Å². The summed E-state index contributed by atoms with van der Waals surface area (Å²) in [5, 5.41) is 9.35. The van der Waals surface area contributed by atoms with Crippen LogP contribution in [0, 0.1) is 56.7 Å². The number of benzene rings is 1. The third kappa shape index (κ3) is 4.81. The van der Waals surface area contributed by atoms with Gasteiger partial charge in [0.1, 0.15) is 6.61 Å². The summed E-state index contributed by atoms with van der Waals surface area (Å²) < 4.78 is 6.20. The molecular weight excluding hydrogens is 580 g/mol. The first-order valence-corrected chi connectivity index (χ1v) is 17.8. The number of hydrogen-bond acceptors (Lipinski definition) is 4. The van der Waals surface area contributed by atoms with Crippen LogP contribution in [-0.2, 0) is 16.1 Å². The predicted molar refractivity (Wildman–Crippen MR) is 183 cm³/mol. The van der Waals surface area contributed by atoms with Crippen LogP contribution in [0.15, 0.2) is 46.1 Å². The minimum atomic E-state index is -0.447. The van der Waals surface area contributed by atoms with Crippen molar-refractivity contribution in [3.8, 4) is 0 Å². The highest BCUT2D eigenvalue weighted by molar-refractivity contribution is 6.30. The lowest BCUT2D eigenvalue weighted by molar-refractivity contribution is -0.185. The molecule has 0 aliphatic heterocycles. The second-order valence-electron chi connectivity index (χ2n) is 16.8. The van der Waals surface area contributed by atoms with Crippen molar-refractivity contribution in [2.75, 3.05) is 0 Å². The van der Waals surface area contributed by atoms with Crippen LogP contribution in [0.5, 0.6) is 0 Å². The van der Waals surface area contributed by atoms with E-state index in [2.05, 4.69) is 64.7 Å². The summed E-state index contributed by atoms with van der Waals surface area (Å²) in [6.07, 6.45) is 12.1. The van der Waals surface area contributed by atoms with Crippen LogP contribution in [0.3, 0.4) is 0 Å². The van der Waals surface area contributed by atoms with Crippen LogP contribution < -0.4 is 11.5 Å². The Morgan fingerprint density at radius 3 is 2.36 bits per heavy atom. The number of hydrogen-bond donors (Lipinski definition) is 2. The lowest BCUT2D eigenvalue weighted by atomic mass is 9.33. The van der Waals surface area contributed by atoms with E-state index in [1.807, 2.05) is 24.3 Å². The molecule has 0 unspecified atom stereocenters. The van der Waals surface area contributed by atoms with Gasteiger partial charge in [0.25, 0.3) is 0 Å². The number of rotatable bonds is 4. The topological polar surface area (TPSA) is 103 Å². The molecule has 0 saturated heterocycles. The standard InChI is InChI=1S/C38H55ClN4O2/c1-23-14-19-38(32(44)45-22-25-8-10-26(39)11-9-25)21-20-36(6)27(31(38)24(23)2)12-13-29-35(5)17-16-30(42-43-33(40)41)34(3,4)28(35)15-18-37(29,36)7/h8-12,23-24,28-29,31H,13-22H2,1-7H3,(H4,40,41,43)/b42-30+/t23-,24+,28+,29-,31+,35+,36-,37-,38+/m1/s1. The molecule has 6 nitrogen and oxygen atoms in total. The molecule has 9 atom stereocenters. The summed E-state index contributed by atoms with van der Waals surface area (Å²) in [6.45, 7) is 17.6. The van der Waals surface area contributed by atoms with Crippen LogP contribution >= 0.6 is 11.6 Å². The summed E-state index contributed by atoms with van der Waals surface area (Å²) in [6, 6.07) is 7.65. The number of halogens is 1. The average Bonchev–Trinajstić information content (AvgIpc) is 2.98. The number of nitrogens with zero attached hydrogens (tertiary/aromatic N) is 2. The fourth-order valence-corrected chi connectivity index (χ4v) is 12.0. The van der Waals surface area contributed by atoms with Gasteiger partial charge in [-0.1, -0.05) is 83.8 Å². The van der Waals surface area contributed by atoms with Crippen molar-refractivity contribution in [1.82, 2.24) is 0 Å². The van der Waals surface area contributed by atoms with E-state index in [9.17, 15) is 4.79 Å². The number of carbonyl (C=O) groups excluding carboxylic acids is 1. The lowest BCUT2D eigenvalue weighted by Gasteiger charge is -2.71. The van der Waals surface area contributed by atoms with E-state index >= 15 is 0 Å². The van der Waals surface area contributed by atoms with Crippen molar-refractivity contribution in [2.45, 2.75) is 113 Å². The van der Waals surface area contributed by atoms with Crippen LogP contribution in [0.25, 0.3) is 0 Å². The Balaban J connectivity index is 1.34. The van der Waals surface area contributed by atoms with Crippen molar-refractivity contribution < 1.29 is 9.53 Å². The van der Waals surface area contributed by atoms with Gasteiger partial charge in [-0.15, -0.1) is 5.10 Å². The van der Waals surface area contributed by atoms with Gasteiger partial charge in [-0.05, 0) is 121 Å². The van der Waals surface area contributed by atoms with Crippen molar-refractivity contribution in [3.63, 3.8) is 0 Å². The number of fused-ring (bicyclic) bond motifs is 7. The highest BCUT2D eigenvalue weighted by Gasteiger charge is 2.69. The molecule has 0 aromatic heterocycles. The van der Waals surface area contributed by atoms with Gasteiger partial charge in [-0.25, -0.2) is 0 Å². The van der Waals surface area contributed by atoms with E-state index < -0.39 is 5.41 Å². The first kappa shape index (κ1) is 32.6. The third-order valence-electron chi connectivity index (χ3n) is 14.7. The smallest absolute Gasteiger partial charge is 0.313 e. The Hall–Kier alpha value is -2.34. The Labute approximate surface area is 275 Å². The molecule has 0 heterocycles. The van der Waals surface area contributed by atoms with Crippen LogP contribution in [-0.4, -0.2) is 17.6 Å². The number of allylic oxidation sites excluding steroid dienone is 2. The molecule has 45 heavy (non-hydrogen) atoms. The normalized spacial score (nSPS) is 42.7. The van der Waals surface area contributed by atoms with Crippen molar-refractivity contribution in [2.24, 2.45) is 78.3 Å². The molecule has 5 aliphatic rings. The Kier molecular flexibility index (Phi) is 8.06. The van der Waals surface area contributed by atoms with Gasteiger partial charge in [0.2, 0.25) is 5.96 Å². The summed E-state index contributed by atoms with van der Waals surface area (Å²) in [4.78, 5) is 14.3. The molecule has 0 amide bonds. The van der Waals surface area contributed by atoms with E-state index in [4.69, 9.17) is 27.8 Å². The minimum Gasteiger partial charge on any atom is -0.460 e. The zero-order valence-electron chi connectivity index (χ0n) is 28.6. The van der Waals surface area contributed by atoms with Crippen molar-refractivity contribution >= 4 is 29.2 Å². The zero-order valence-corrected chi connectivity index (χ0v) is 29.3. The van der Waals surface area contributed by atoms with Crippen LogP contribution in [0.2, 0.25) is 5.02 Å². The second-order valence-corrected chi connectivity index (χ2v) is 17.2. The summed E-state index contributed by atoms with van der Waals surface area (Å²) in [7, 11) is 0. The van der Waals surface area contributed by atoms with Gasteiger partial charge >= 0.3 is 5.97 Å². The fraction of sp³-hybridized carbons (Fsp3) is 0.711. The molecular formula is C38H55ClN4O2. The molecule has 1 aromatic rings. The number of nitrogens with two attached hydrogens (primary N) is 2. The maximum Gasteiger partial charge on any atom is 0.313 e. The second kappa shape index (κ2) is 11.1. The van der Waals surface area contributed by atoms with E-state index in [0.29, 0.717) is 35.3 Å². The van der Waals surface area contributed by atoms with Gasteiger partial charge < -0.3 is 16.2 Å². The first-order valence-electron chi connectivity index (χ1n) is 17.4. The third-order valence-corrected chi connectivity index (χ3v) is 15.0. The number of carbonyl (C=O) groups is 1. The van der Waals surface area contributed by atoms with E-state index in [0.717, 1.165) is 56.2 Å². The van der Waals surface area contributed by atoms with Crippen LogP contribution in [0.1, 0.15) is 112 Å².